The van der Waals surface area contributed by atoms with Crippen molar-refractivity contribution in [1.82, 2.24) is 14.9 Å². The summed E-state index contributed by atoms with van der Waals surface area (Å²) in [4.78, 5) is 14.8. The number of nitriles is 1. The van der Waals surface area contributed by atoms with Crippen molar-refractivity contribution in [3.05, 3.63) is 29.8 Å². The second-order valence-electron chi connectivity index (χ2n) is 6.52. The van der Waals surface area contributed by atoms with E-state index in [0.717, 1.165) is 19.5 Å². The average molecular weight is 362 g/mol. The monoisotopic (exact) mass is 362 g/mol. The van der Waals surface area contributed by atoms with Crippen LogP contribution in [-0.4, -0.2) is 50.9 Å². The van der Waals surface area contributed by atoms with Gasteiger partial charge in [0.1, 0.15) is 0 Å². The Hall–Kier alpha value is -1.95. The predicted octanol–water partition coefficient (Wildman–Crippen LogP) is 0.845. The van der Waals surface area contributed by atoms with E-state index < -0.39 is 10.0 Å². The second kappa shape index (κ2) is 7.52. The van der Waals surface area contributed by atoms with Gasteiger partial charge in [-0.3, -0.25) is 9.69 Å². The van der Waals surface area contributed by atoms with Gasteiger partial charge in [0.15, 0.2) is 0 Å². The van der Waals surface area contributed by atoms with Crippen LogP contribution in [0.15, 0.2) is 29.2 Å². The summed E-state index contributed by atoms with van der Waals surface area (Å²) in [7, 11) is -3.65. The number of nitrogens with one attached hydrogen (secondary N) is 2. The van der Waals surface area contributed by atoms with E-state index in [0.29, 0.717) is 11.6 Å². The molecule has 0 bridgehead atoms. The number of likely N-dealkylation sites (tertiary alicyclic amines) is 1. The van der Waals surface area contributed by atoms with Gasteiger partial charge in [-0.25, -0.2) is 13.1 Å². The molecule has 0 spiro atoms. The summed E-state index contributed by atoms with van der Waals surface area (Å²) in [6, 6.07) is 8.60. The Morgan fingerprint density at radius 2 is 1.96 bits per heavy atom. The molecule has 8 heteroatoms. The number of carbonyl (C=O) groups excluding carboxylic acids is 1. The van der Waals surface area contributed by atoms with Crippen molar-refractivity contribution >= 4 is 15.9 Å². The standard InChI is InChI=1S/C17H22N4O3S/c18-9-1-10-19-25(23,24)16-6-2-13(3-7-16)17(22)20-14-8-11-21(12-14)15-4-5-15/h2-3,6-7,14-15,19H,1,4-5,8,10-12H2,(H,20,22). The van der Waals surface area contributed by atoms with Crippen LogP contribution in [0, 0.1) is 11.3 Å². The number of carbonyl (C=O) groups is 1. The van der Waals surface area contributed by atoms with Crippen LogP contribution >= 0.6 is 0 Å². The van der Waals surface area contributed by atoms with E-state index in [9.17, 15) is 13.2 Å². The molecule has 1 heterocycles. The normalized spacial score (nSPS) is 21.0. The van der Waals surface area contributed by atoms with E-state index >= 15 is 0 Å². The van der Waals surface area contributed by atoms with Crippen molar-refractivity contribution in [1.29, 1.82) is 5.26 Å². The summed E-state index contributed by atoms with van der Waals surface area (Å²) >= 11 is 0. The topological polar surface area (TPSA) is 102 Å². The largest absolute Gasteiger partial charge is 0.348 e. The summed E-state index contributed by atoms with van der Waals surface area (Å²) in [6.07, 6.45) is 3.59. The number of sulfonamides is 1. The van der Waals surface area contributed by atoms with Crippen LogP contribution in [0.3, 0.4) is 0 Å². The molecular weight excluding hydrogens is 340 g/mol. The number of rotatable bonds is 7. The van der Waals surface area contributed by atoms with Gasteiger partial charge in [-0.15, -0.1) is 0 Å². The van der Waals surface area contributed by atoms with Crippen molar-refractivity contribution < 1.29 is 13.2 Å². The molecule has 1 aromatic carbocycles. The van der Waals surface area contributed by atoms with Gasteiger partial charge in [-0.2, -0.15) is 5.26 Å². The molecule has 134 valence electrons. The fourth-order valence-corrected chi connectivity index (χ4v) is 4.09. The highest BCUT2D eigenvalue weighted by Gasteiger charge is 2.34. The van der Waals surface area contributed by atoms with Crippen LogP contribution in [0.5, 0.6) is 0 Å². The van der Waals surface area contributed by atoms with Crippen LogP contribution in [0.25, 0.3) is 0 Å². The van der Waals surface area contributed by atoms with Crippen molar-refractivity contribution in [2.45, 2.75) is 42.7 Å². The van der Waals surface area contributed by atoms with Crippen LogP contribution in [0.1, 0.15) is 36.0 Å². The van der Waals surface area contributed by atoms with E-state index in [1.807, 2.05) is 6.07 Å². The minimum absolute atomic E-state index is 0.0697. The molecule has 1 atom stereocenters. The van der Waals surface area contributed by atoms with Gasteiger partial charge in [0.2, 0.25) is 10.0 Å². The molecule has 1 aromatic rings. The first-order chi connectivity index (χ1) is 12.0. The van der Waals surface area contributed by atoms with Crippen LogP contribution in [0.2, 0.25) is 0 Å². The maximum absolute atomic E-state index is 12.3. The maximum Gasteiger partial charge on any atom is 0.251 e. The molecule has 7 nitrogen and oxygen atoms in total. The first-order valence-electron chi connectivity index (χ1n) is 8.51. The molecule has 1 saturated heterocycles. The lowest BCUT2D eigenvalue weighted by molar-refractivity contribution is 0.0937. The van der Waals surface area contributed by atoms with Crippen molar-refractivity contribution in [2.24, 2.45) is 0 Å². The zero-order valence-electron chi connectivity index (χ0n) is 13.9. The third kappa shape index (κ3) is 4.57. The predicted molar refractivity (Wildman–Crippen MR) is 92.3 cm³/mol. The molecule has 0 aromatic heterocycles. The maximum atomic E-state index is 12.3. The highest BCUT2D eigenvalue weighted by atomic mass is 32.2. The molecule has 25 heavy (non-hydrogen) atoms. The summed E-state index contributed by atoms with van der Waals surface area (Å²) in [5, 5.41) is 11.5. The van der Waals surface area contributed by atoms with Gasteiger partial charge in [0.25, 0.3) is 5.91 Å². The van der Waals surface area contributed by atoms with E-state index in [1.165, 1.54) is 37.1 Å². The van der Waals surface area contributed by atoms with Crippen molar-refractivity contribution in [3.8, 4) is 6.07 Å². The summed E-state index contributed by atoms with van der Waals surface area (Å²) in [5.41, 5.74) is 0.445. The minimum atomic E-state index is -3.65. The molecule has 2 N–H and O–H groups in total. The zero-order valence-corrected chi connectivity index (χ0v) is 14.8. The lowest BCUT2D eigenvalue weighted by Crippen LogP contribution is -2.37. The van der Waals surface area contributed by atoms with Crippen molar-refractivity contribution in [2.75, 3.05) is 19.6 Å². The molecule has 1 saturated carbocycles. The Morgan fingerprint density at radius 3 is 2.60 bits per heavy atom. The Kier molecular flexibility index (Phi) is 5.37. The van der Waals surface area contributed by atoms with Gasteiger partial charge < -0.3 is 5.32 Å². The Bertz CT molecular complexity index is 766. The third-order valence-corrected chi connectivity index (χ3v) is 6.05. The molecule has 3 rings (SSSR count). The first kappa shape index (κ1) is 17.9. The van der Waals surface area contributed by atoms with Gasteiger partial charge in [0.05, 0.1) is 11.0 Å². The van der Waals surface area contributed by atoms with E-state index in [1.54, 1.807) is 0 Å². The van der Waals surface area contributed by atoms with Crippen LogP contribution in [0.4, 0.5) is 0 Å². The van der Waals surface area contributed by atoms with Crippen molar-refractivity contribution in [3.63, 3.8) is 0 Å². The third-order valence-electron chi connectivity index (χ3n) is 4.57. The molecule has 1 amide bonds. The molecule has 2 fully saturated rings. The highest BCUT2D eigenvalue weighted by molar-refractivity contribution is 7.89. The van der Waals surface area contributed by atoms with Gasteiger partial charge in [-0.1, -0.05) is 0 Å². The summed E-state index contributed by atoms with van der Waals surface area (Å²) in [6.45, 7) is 1.99. The van der Waals surface area contributed by atoms with Gasteiger partial charge >= 0.3 is 0 Å². The molecular formula is C17H22N4O3S. The Labute approximate surface area is 148 Å². The molecule has 1 unspecified atom stereocenters. The number of hydrogen-bond acceptors (Lipinski definition) is 5. The quantitative estimate of drug-likeness (QED) is 0.700. The Morgan fingerprint density at radius 1 is 1.24 bits per heavy atom. The fourth-order valence-electron chi connectivity index (χ4n) is 3.06. The van der Waals surface area contributed by atoms with E-state index in [4.69, 9.17) is 5.26 Å². The lowest BCUT2D eigenvalue weighted by Gasteiger charge is -2.16. The summed E-state index contributed by atoms with van der Waals surface area (Å²) in [5.74, 6) is -0.177. The highest BCUT2D eigenvalue weighted by Crippen LogP contribution is 2.29. The fraction of sp³-hybridized carbons (Fsp3) is 0.529. The molecule has 1 aliphatic carbocycles. The van der Waals surface area contributed by atoms with Gasteiger partial charge in [0, 0.05) is 43.7 Å². The molecule has 2 aliphatic rings. The second-order valence-corrected chi connectivity index (χ2v) is 8.28. The Balaban J connectivity index is 1.56. The summed E-state index contributed by atoms with van der Waals surface area (Å²) < 4.78 is 26.4. The van der Waals surface area contributed by atoms with E-state index in [2.05, 4.69) is 14.9 Å². The first-order valence-corrected chi connectivity index (χ1v) is 9.99. The average Bonchev–Trinajstić information content (AvgIpc) is 3.35. The van der Waals surface area contributed by atoms with Crippen LogP contribution in [-0.2, 0) is 10.0 Å². The van der Waals surface area contributed by atoms with Gasteiger partial charge in [-0.05, 0) is 43.5 Å². The zero-order chi connectivity index (χ0) is 17.9. The SMILES string of the molecule is N#CCCNS(=O)(=O)c1ccc(C(=O)NC2CCN(C3CC3)C2)cc1. The molecule has 0 radical (unpaired) electrons. The smallest absolute Gasteiger partial charge is 0.251 e. The van der Waals surface area contributed by atoms with E-state index in [-0.39, 0.29) is 29.8 Å². The van der Waals surface area contributed by atoms with Crippen LogP contribution < -0.4 is 10.0 Å². The number of nitrogens with zero attached hydrogens (tertiary/aromatic N) is 2. The number of amides is 1. The molecule has 1 aliphatic heterocycles. The number of benzene rings is 1. The minimum Gasteiger partial charge on any atom is -0.348 e. The lowest BCUT2D eigenvalue weighted by atomic mass is 10.2. The number of hydrogen-bond donors (Lipinski definition) is 2.